The molecule has 0 spiro atoms. The van der Waals surface area contributed by atoms with Gasteiger partial charge in [-0.2, -0.15) is 4.98 Å². The van der Waals surface area contributed by atoms with Crippen molar-refractivity contribution in [2.75, 3.05) is 0 Å². The average molecular weight is 324 g/mol. The summed E-state index contributed by atoms with van der Waals surface area (Å²) in [6.07, 6.45) is 0.175. The molecule has 1 aromatic heterocycles. The summed E-state index contributed by atoms with van der Waals surface area (Å²) in [4.78, 5) is 4.20. The van der Waals surface area contributed by atoms with Crippen molar-refractivity contribution < 1.29 is 14.0 Å². The number of benzene rings is 2. The van der Waals surface area contributed by atoms with Gasteiger partial charge in [-0.15, -0.1) is 0 Å². The Morgan fingerprint density at radius 2 is 1.62 bits per heavy atom. The lowest BCUT2D eigenvalue weighted by Crippen LogP contribution is -2.05. The Kier molecular flexibility index (Phi) is 4.79. The van der Waals surface area contributed by atoms with Crippen LogP contribution in [0, 0.1) is 6.92 Å². The van der Waals surface area contributed by atoms with Crippen LogP contribution in [0.4, 0.5) is 0 Å². The van der Waals surface area contributed by atoms with E-state index in [2.05, 4.69) is 10.1 Å². The lowest BCUT2D eigenvalue weighted by Gasteiger charge is -2.10. The molecule has 0 saturated heterocycles. The van der Waals surface area contributed by atoms with E-state index in [-0.39, 0.29) is 6.10 Å². The molecule has 0 aliphatic heterocycles. The molecule has 0 fully saturated rings. The smallest absolute Gasteiger partial charge is 0.223 e. The zero-order chi connectivity index (χ0) is 16.9. The van der Waals surface area contributed by atoms with Gasteiger partial charge in [-0.3, -0.25) is 0 Å². The molecule has 0 bridgehead atoms. The molecule has 0 amide bonds. The summed E-state index contributed by atoms with van der Waals surface area (Å²) < 4.78 is 16.4. The molecule has 0 N–H and O–H groups in total. The van der Waals surface area contributed by atoms with Gasteiger partial charge in [-0.1, -0.05) is 17.3 Å². The van der Waals surface area contributed by atoms with Gasteiger partial charge in [-0.05, 0) is 55.8 Å². The van der Waals surface area contributed by atoms with Crippen molar-refractivity contribution in [3.8, 4) is 22.9 Å². The number of hydrogen-bond donors (Lipinski definition) is 0. The third-order valence-electron chi connectivity index (χ3n) is 3.34. The van der Waals surface area contributed by atoms with Crippen molar-refractivity contribution in [3.63, 3.8) is 0 Å². The zero-order valence-electron chi connectivity index (χ0n) is 14.0. The topological polar surface area (TPSA) is 57.4 Å². The summed E-state index contributed by atoms with van der Waals surface area (Å²) in [5.41, 5.74) is 1.98. The third-order valence-corrected chi connectivity index (χ3v) is 3.34. The number of rotatable bonds is 6. The predicted octanol–water partition coefficient (Wildman–Crippen LogP) is 4.41. The second-order valence-corrected chi connectivity index (χ2v) is 5.76. The van der Waals surface area contributed by atoms with Crippen LogP contribution >= 0.6 is 0 Å². The first-order valence-electron chi connectivity index (χ1n) is 7.89. The van der Waals surface area contributed by atoms with Crippen molar-refractivity contribution in [2.24, 2.45) is 0 Å². The Morgan fingerprint density at radius 1 is 0.958 bits per heavy atom. The minimum absolute atomic E-state index is 0.175. The number of ether oxygens (including phenoxy) is 2. The highest BCUT2D eigenvalue weighted by atomic mass is 16.5. The summed E-state index contributed by atoms with van der Waals surface area (Å²) >= 11 is 0. The van der Waals surface area contributed by atoms with Crippen molar-refractivity contribution in [1.29, 1.82) is 0 Å². The van der Waals surface area contributed by atoms with Crippen molar-refractivity contribution in [3.05, 3.63) is 60.0 Å². The summed E-state index contributed by atoms with van der Waals surface area (Å²) in [5, 5.41) is 3.90. The van der Waals surface area contributed by atoms with Crippen LogP contribution in [0.15, 0.2) is 53.1 Å². The standard InChI is InChI=1S/C19H20N2O3/c1-13(2)23-18-8-4-15(5-9-18)12-22-17-10-6-16(7-11-17)19-20-14(3)24-21-19/h4-11,13H,12H2,1-3H3. The van der Waals surface area contributed by atoms with Gasteiger partial charge in [-0.25, -0.2) is 0 Å². The van der Waals surface area contributed by atoms with Crippen LogP contribution in [0.2, 0.25) is 0 Å². The van der Waals surface area contributed by atoms with E-state index in [9.17, 15) is 0 Å². The number of hydrogen-bond acceptors (Lipinski definition) is 5. The number of nitrogens with zero attached hydrogens (tertiary/aromatic N) is 2. The summed E-state index contributed by atoms with van der Waals surface area (Å²) in [6, 6.07) is 15.6. The first kappa shape index (κ1) is 16.1. The van der Waals surface area contributed by atoms with Gasteiger partial charge >= 0.3 is 0 Å². The van der Waals surface area contributed by atoms with Crippen LogP contribution in [-0.2, 0) is 6.61 Å². The highest BCUT2D eigenvalue weighted by molar-refractivity contribution is 5.55. The molecule has 5 nitrogen and oxygen atoms in total. The van der Waals surface area contributed by atoms with Crippen molar-refractivity contribution >= 4 is 0 Å². The highest BCUT2D eigenvalue weighted by Gasteiger charge is 2.06. The monoisotopic (exact) mass is 324 g/mol. The summed E-state index contributed by atoms with van der Waals surface area (Å²) in [7, 11) is 0. The molecule has 2 aromatic carbocycles. The third kappa shape index (κ3) is 4.13. The molecule has 124 valence electrons. The molecule has 5 heteroatoms. The Hall–Kier alpha value is -2.82. The average Bonchev–Trinajstić information content (AvgIpc) is 3.01. The maximum absolute atomic E-state index is 5.80. The van der Waals surface area contributed by atoms with E-state index in [0.29, 0.717) is 18.3 Å². The van der Waals surface area contributed by atoms with E-state index >= 15 is 0 Å². The normalized spacial score (nSPS) is 10.8. The second-order valence-electron chi connectivity index (χ2n) is 5.76. The lowest BCUT2D eigenvalue weighted by molar-refractivity contribution is 0.242. The van der Waals surface area contributed by atoms with Crippen LogP contribution in [0.25, 0.3) is 11.4 Å². The first-order valence-corrected chi connectivity index (χ1v) is 7.89. The number of aryl methyl sites for hydroxylation is 1. The van der Waals surface area contributed by atoms with E-state index in [1.54, 1.807) is 6.92 Å². The number of aromatic nitrogens is 2. The van der Waals surface area contributed by atoms with Crippen LogP contribution < -0.4 is 9.47 Å². The molecule has 3 aromatic rings. The van der Waals surface area contributed by atoms with Crippen LogP contribution in [-0.4, -0.2) is 16.2 Å². The molecule has 0 aliphatic rings. The van der Waals surface area contributed by atoms with Gasteiger partial charge < -0.3 is 14.0 Å². The summed E-state index contributed by atoms with van der Waals surface area (Å²) in [5.74, 6) is 2.80. The minimum Gasteiger partial charge on any atom is -0.491 e. The Balaban J connectivity index is 1.58. The molecule has 0 atom stereocenters. The molecule has 0 radical (unpaired) electrons. The minimum atomic E-state index is 0.175. The molecule has 24 heavy (non-hydrogen) atoms. The van der Waals surface area contributed by atoms with Gasteiger partial charge in [0.15, 0.2) is 0 Å². The van der Waals surface area contributed by atoms with Gasteiger partial charge in [0.25, 0.3) is 0 Å². The predicted molar refractivity (Wildman–Crippen MR) is 91.0 cm³/mol. The molecule has 0 saturated carbocycles. The van der Waals surface area contributed by atoms with E-state index in [0.717, 1.165) is 22.6 Å². The van der Waals surface area contributed by atoms with Crippen LogP contribution in [0.5, 0.6) is 11.5 Å². The maximum atomic E-state index is 5.80. The maximum Gasteiger partial charge on any atom is 0.223 e. The fourth-order valence-electron chi connectivity index (χ4n) is 2.22. The Labute approximate surface area is 141 Å². The zero-order valence-corrected chi connectivity index (χ0v) is 14.0. The second kappa shape index (κ2) is 7.17. The molecule has 1 heterocycles. The molecular formula is C19H20N2O3. The largest absolute Gasteiger partial charge is 0.491 e. The van der Waals surface area contributed by atoms with Crippen LogP contribution in [0.3, 0.4) is 0 Å². The SMILES string of the molecule is Cc1nc(-c2ccc(OCc3ccc(OC(C)C)cc3)cc2)no1. The van der Waals surface area contributed by atoms with Crippen molar-refractivity contribution in [1.82, 2.24) is 10.1 Å². The summed E-state index contributed by atoms with van der Waals surface area (Å²) in [6.45, 7) is 6.29. The van der Waals surface area contributed by atoms with E-state index in [1.165, 1.54) is 0 Å². The Bertz CT molecular complexity index is 777. The fourth-order valence-corrected chi connectivity index (χ4v) is 2.22. The van der Waals surface area contributed by atoms with Gasteiger partial charge in [0, 0.05) is 12.5 Å². The van der Waals surface area contributed by atoms with Crippen LogP contribution in [0.1, 0.15) is 25.3 Å². The quantitative estimate of drug-likeness (QED) is 0.672. The molecule has 3 rings (SSSR count). The van der Waals surface area contributed by atoms with Gasteiger partial charge in [0.2, 0.25) is 11.7 Å². The fraction of sp³-hybridized carbons (Fsp3) is 0.263. The van der Waals surface area contributed by atoms with E-state index in [4.69, 9.17) is 14.0 Å². The molecule has 0 aliphatic carbocycles. The molecular weight excluding hydrogens is 304 g/mol. The van der Waals surface area contributed by atoms with E-state index in [1.807, 2.05) is 62.4 Å². The lowest BCUT2D eigenvalue weighted by atomic mass is 10.2. The van der Waals surface area contributed by atoms with Gasteiger partial charge in [0.1, 0.15) is 18.1 Å². The Morgan fingerprint density at radius 3 is 2.21 bits per heavy atom. The first-order chi connectivity index (χ1) is 11.6. The van der Waals surface area contributed by atoms with Gasteiger partial charge in [0.05, 0.1) is 6.10 Å². The van der Waals surface area contributed by atoms with E-state index < -0.39 is 0 Å². The molecule has 0 unspecified atom stereocenters. The highest BCUT2D eigenvalue weighted by Crippen LogP contribution is 2.21. The van der Waals surface area contributed by atoms with Crippen molar-refractivity contribution in [2.45, 2.75) is 33.5 Å².